The van der Waals surface area contributed by atoms with Crippen LogP contribution in [0.5, 0.6) is 0 Å². The maximum absolute atomic E-state index is 6.43. The van der Waals surface area contributed by atoms with Crippen LogP contribution in [-0.2, 0) is 13.1 Å². The number of halogens is 2. The molecule has 0 radical (unpaired) electrons. The van der Waals surface area contributed by atoms with Gasteiger partial charge in [0.25, 0.3) is 0 Å². The summed E-state index contributed by atoms with van der Waals surface area (Å²) in [5.41, 5.74) is 11.5. The van der Waals surface area contributed by atoms with Crippen molar-refractivity contribution >= 4 is 28.9 Å². The van der Waals surface area contributed by atoms with Gasteiger partial charge >= 0.3 is 0 Å². The Balaban J connectivity index is 2.03. The summed E-state index contributed by atoms with van der Waals surface area (Å²) in [7, 11) is 0. The van der Waals surface area contributed by atoms with Crippen molar-refractivity contribution in [2.24, 2.45) is 10.7 Å². The highest BCUT2D eigenvalue weighted by Gasteiger charge is 2.24. The molecular weight excluding hydrogens is 355 g/mol. The molecule has 3 aromatic rings. The molecule has 1 aromatic heterocycles. The molecule has 4 rings (SSSR count). The summed E-state index contributed by atoms with van der Waals surface area (Å²) in [6.45, 7) is 2.83. The van der Waals surface area contributed by atoms with Crippen LogP contribution in [0.4, 0.5) is 0 Å². The van der Waals surface area contributed by atoms with Gasteiger partial charge in [0, 0.05) is 27.7 Å². The fourth-order valence-electron chi connectivity index (χ4n) is 3.27. The number of rotatable bonds is 2. The number of fused-ring (bicyclic) bond motifs is 3. The second kappa shape index (κ2) is 6.30. The van der Waals surface area contributed by atoms with E-state index in [0.717, 1.165) is 39.7 Å². The van der Waals surface area contributed by atoms with Crippen LogP contribution in [0.2, 0.25) is 10.0 Å². The highest BCUT2D eigenvalue weighted by atomic mass is 35.5. The molecule has 1 aliphatic rings. The lowest BCUT2D eigenvalue weighted by molar-refractivity contribution is 0.832. The Morgan fingerprint density at radius 2 is 1.92 bits per heavy atom. The van der Waals surface area contributed by atoms with Gasteiger partial charge in [-0.3, -0.25) is 9.56 Å². The minimum Gasteiger partial charge on any atom is -0.325 e. The third-order valence-electron chi connectivity index (χ3n) is 4.40. The van der Waals surface area contributed by atoms with Crippen LogP contribution in [-0.4, -0.2) is 15.3 Å². The number of aliphatic imine (C=N–C) groups is 1. The Morgan fingerprint density at radius 1 is 1.12 bits per heavy atom. The van der Waals surface area contributed by atoms with Crippen LogP contribution in [0.25, 0.3) is 5.69 Å². The topological polar surface area (TPSA) is 56.2 Å². The highest BCUT2D eigenvalue weighted by molar-refractivity contribution is 6.36. The fraction of sp³-hybridized carbons (Fsp3) is 0.158. The van der Waals surface area contributed by atoms with E-state index in [1.807, 2.05) is 49.4 Å². The first-order valence-electron chi connectivity index (χ1n) is 7.97. The Labute approximate surface area is 155 Å². The average Bonchev–Trinajstić information content (AvgIpc) is 2.84. The first kappa shape index (κ1) is 16.3. The van der Waals surface area contributed by atoms with E-state index in [4.69, 9.17) is 33.9 Å². The molecule has 2 aromatic carbocycles. The molecule has 126 valence electrons. The standard InChI is InChI=1S/C19H16Cl2N4/c1-11-17(9-22)25-16-7-6-12(20)8-14(16)19(23-10-18(25)24-11)13-4-2-3-5-15(13)21/h2-8H,9-10,22H2,1H3. The van der Waals surface area contributed by atoms with Crippen LogP contribution in [0.1, 0.15) is 28.3 Å². The summed E-state index contributed by atoms with van der Waals surface area (Å²) in [5, 5.41) is 1.30. The molecule has 6 heteroatoms. The summed E-state index contributed by atoms with van der Waals surface area (Å²) < 4.78 is 2.09. The van der Waals surface area contributed by atoms with Gasteiger partial charge in [0.05, 0.1) is 29.3 Å². The van der Waals surface area contributed by atoms with Crippen molar-refractivity contribution in [3.63, 3.8) is 0 Å². The lowest BCUT2D eigenvalue weighted by Crippen LogP contribution is -2.12. The van der Waals surface area contributed by atoms with Gasteiger partial charge in [-0.05, 0) is 31.2 Å². The van der Waals surface area contributed by atoms with Crippen LogP contribution < -0.4 is 5.73 Å². The molecule has 0 saturated carbocycles. The molecule has 0 aliphatic carbocycles. The maximum Gasteiger partial charge on any atom is 0.135 e. The number of benzene rings is 2. The molecule has 0 spiro atoms. The molecule has 2 heterocycles. The molecule has 0 unspecified atom stereocenters. The number of nitrogens with zero attached hydrogens (tertiary/aromatic N) is 3. The largest absolute Gasteiger partial charge is 0.325 e. The van der Waals surface area contributed by atoms with E-state index in [1.165, 1.54) is 0 Å². The van der Waals surface area contributed by atoms with E-state index in [-0.39, 0.29) is 0 Å². The van der Waals surface area contributed by atoms with Gasteiger partial charge in [0.1, 0.15) is 5.82 Å². The van der Waals surface area contributed by atoms with E-state index < -0.39 is 0 Å². The van der Waals surface area contributed by atoms with Crippen molar-refractivity contribution in [3.8, 4) is 5.69 Å². The minimum absolute atomic E-state index is 0.405. The predicted molar refractivity (Wildman–Crippen MR) is 102 cm³/mol. The van der Waals surface area contributed by atoms with Gasteiger partial charge in [-0.15, -0.1) is 0 Å². The zero-order chi connectivity index (χ0) is 17.6. The zero-order valence-electron chi connectivity index (χ0n) is 13.6. The number of aryl methyl sites for hydroxylation is 1. The van der Waals surface area contributed by atoms with Crippen molar-refractivity contribution in [2.45, 2.75) is 20.0 Å². The predicted octanol–water partition coefficient (Wildman–Crippen LogP) is 4.30. The Kier molecular flexibility index (Phi) is 4.12. The minimum atomic E-state index is 0.405. The second-order valence-electron chi connectivity index (χ2n) is 5.91. The number of imidazole rings is 1. The average molecular weight is 371 g/mol. The van der Waals surface area contributed by atoms with E-state index in [2.05, 4.69) is 9.55 Å². The first-order valence-corrected chi connectivity index (χ1v) is 8.72. The quantitative estimate of drug-likeness (QED) is 0.730. The molecule has 2 N–H and O–H groups in total. The summed E-state index contributed by atoms with van der Waals surface area (Å²) >= 11 is 12.7. The summed E-state index contributed by atoms with van der Waals surface area (Å²) in [5.74, 6) is 0.864. The van der Waals surface area contributed by atoms with Crippen molar-refractivity contribution in [1.29, 1.82) is 0 Å². The molecule has 0 saturated heterocycles. The second-order valence-corrected chi connectivity index (χ2v) is 6.75. The molecule has 0 atom stereocenters. The molecule has 4 nitrogen and oxygen atoms in total. The number of aromatic nitrogens is 2. The first-order chi connectivity index (χ1) is 12.1. The van der Waals surface area contributed by atoms with Crippen molar-refractivity contribution in [2.75, 3.05) is 0 Å². The Morgan fingerprint density at radius 3 is 2.68 bits per heavy atom. The number of nitrogens with two attached hydrogens (primary N) is 1. The van der Waals surface area contributed by atoms with Crippen molar-refractivity contribution < 1.29 is 0 Å². The van der Waals surface area contributed by atoms with E-state index >= 15 is 0 Å². The summed E-state index contributed by atoms with van der Waals surface area (Å²) in [4.78, 5) is 9.48. The van der Waals surface area contributed by atoms with E-state index in [0.29, 0.717) is 23.1 Å². The van der Waals surface area contributed by atoms with Crippen LogP contribution in [0.15, 0.2) is 47.5 Å². The van der Waals surface area contributed by atoms with Crippen LogP contribution >= 0.6 is 23.2 Å². The third kappa shape index (κ3) is 2.67. The normalized spacial score (nSPS) is 13.0. The SMILES string of the molecule is Cc1nc2n(c1CN)-c1ccc(Cl)cc1C(c1ccccc1Cl)=NC2. The Bertz CT molecular complexity index is 1000. The zero-order valence-corrected chi connectivity index (χ0v) is 15.1. The smallest absolute Gasteiger partial charge is 0.135 e. The summed E-state index contributed by atoms with van der Waals surface area (Å²) in [6.07, 6.45) is 0. The van der Waals surface area contributed by atoms with Crippen LogP contribution in [0, 0.1) is 6.92 Å². The van der Waals surface area contributed by atoms with Gasteiger partial charge in [0.15, 0.2) is 0 Å². The number of hydrogen-bond donors (Lipinski definition) is 1. The maximum atomic E-state index is 6.43. The molecule has 0 bridgehead atoms. The third-order valence-corrected chi connectivity index (χ3v) is 4.96. The number of hydrogen-bond acceptors (Lipinski definition) is 3. The Hall–Kier alpha value is -2.14. The molecule has 0 amide bonds. The van der Waals surface area contributed by atoms with Gasteiger partial charge in [-0.1, -0.05) is 41.4 Å². The molecule has 0 fully saturated rings. The lowest BCUT2D eigenvalue weighted by Gasteiger charge is -2.15. The van der Waals surface area contributed by atoms with Gasteiger partial charge in [-0.25, -0.2) is 4.98 Å². The van der Waals surface area contributed by atoms with Crippen molar-refractivity contribution in [1.82, 2.24) is 9.55 Å². The van der Waals surface area contributed by atoms with E-state index in [1.54, 1.807) is 0 Å². The highest BCUT2D eigenvalue weighted by Crippen LogP contribution is 2.31. The molecule has 25 heavy (non-hydrogen) atoms. The fourth-order valence-corrected chi connectivity index (χ4v) is 3.66. The molecule has 1 aliphatic heterocycles. The van der Waals surface area contributed by atoms with Crippen molar-refractivity contribution in [3.05, 3.63) is 80.8 Å². The van der Waals surface area contributed by atoms with E-state index in [9.17, 15) is 0 Å². The van der Waals surface area contributed by atoms with Gasteiger partial charge in [-0.2, -0.15) is 0 Å². The van der Waals surface area contributed by atoms with Gasteiger partial charge in [0.2, 0.25) is 0 Å². The van der Waals surface area contributed by atoms with Crippen LogP contribution in [0.3, 0.4) is 0 Å². The molecular formula is C19H16Cl2N4. The van der Waals surface area contributed by atoms with Gasteiger partial charge < -0.3 is 5.73 Å². The monoisotopic (exact) mass is 370 g/mol. The lowest BCUT2D eigenvalue weighted by atomic mass is 10.00. The summed E-state index contributed by atoms with van der Waals surface area (Å²) in [6, 6.07) is 13.5.